The second-order valence-corrected chi connectivity index (χ2v) is 8.22. The van der Waals surface area contributed by atoms with E-state index in [2.05, 4.69) is 49.3 Å². The van der Waals surface area contributed by atoms with Gasteiger partial charge in [0.2, 0.25) is 0 Å². The zero-order chi connectivity index (χ0) is 19.8. The molecule has 29 heavy (non-hydrogen) atoms. The number of hydrogen-bond donors (Lipinski definition) is 1. The van der Waals surface area contributed by atoms with Crippen LogP contribution in [0.4, 0.5) is 5.69 Å². The SMILES string of the molecule is C=Nc1cnn2cc(-c3cnn(C4CCNCC4)c3)cc(Sc3ccnn3C)c12. The van der Waals surface area contributed by atoms with Gasteiger partial charge in [-0.15, -0.1) is 0 Å². The van der Waals surface area contributed by atoms with Crippen LogP contribution in [0, 0.1) is 0 Å². The van der Waals surface area contributed by atoms with E-state index >= 15 is 0 Å². The number of pyridine rings is 1. The van der Waals surface area contributed by atoms with E-state index in [1.807, 2.05) is 34.7 Å². The lowest BCUT2D eigenvalue weighted by molar-refractivity contribution is 0.343. The lowest BCUT2D eigenvalue weighted by Crippen LogP contribution is -2.29. The van der Waals surface area contributed by atoms with Gasteiger partial charge in [-0.2, -0.15) is 15.3 Å². The van der Waals surface area contributed by atoms with Crippen LogP contribution in [0.3, 0.4) is 0 Å². The molecular weight excluding hydrogens is 384 g/mol. The smallest absolute Gasteiger partial charge is 0.109 e. The summed E-state index contributed by atoms with van der Waals surface area (Å²) in [6.07, 6.45) is 11.9. The van der Waals surface area contributed by atoms with Gasteiger partial charge in [-0.1, -0.05) is 11.8 Å². The van der Waals surface area contributed by atoms with Crippen LogP contribution in [-0.4, -0.2) is 49.0 Å². The van der Waals surface area contributed by atoms with Gasteiger partial charge in [0.25, 0.3) is 0 Å². The Balaban J connectivity index is 1.57. The van der Waals surface area contributed by atoms with E-state index < -0.39 is 0 Å². The lowest BCUT2D eigenvalue weighted by Gasteiger charge is -2.22. The predicted molar refractivity (Wildman–Crippen MR) is 114 cm³/mol. The quantitative estimate of drug-likeness (QED) is 0.515. The number of fused-ring (bicyclic) bond motifs is 1. The van der Waals surface area contributed by atoms with E-state index in [4.69, 9.17) is 0 Å². The molecule has 0 saturated carbocycles. The van der Waals surface area contributed by atoms with Crippen LogP contribution in [0.1, 0.15) is 18.9 Å². The molecule has 0 atom stereocenters. The zero-order valence-electron chi connectivity index (χ0n) is 16.2. The molecule has 1 fully saturated rings. The molecular formula is C20H22N8S. The van der Waals surface area contributed by atoms with Gasteiger partial charge < -0.3 is 5.32 Å². The second kappa shape index (κ2) is 7.49. The number of nitrogens with zero attached hydrogens (tertiary/aromatic N) is 7. The average molecular weight is 407 g/mol. The van der Waals surface area contributed by atoms with E-state index in [1.54, 1.807) is 24.2 Å². The van der Waals surface area contributed by atoms with Crippen molar-refractivity contribution in [1.29, 1.82) is 0 Å². The highest BCUT2D eigenvalue weighted by Gasteiger charge is 2.18. The Labute approximate surface area is 172 Å². The van der Waals surface area contributed by atoms with Crippen LogP contribution in [-0.2, 0) is 7.05 Å². The van der Waals surface area contributed by atoms with Crippen molar-refractivity contribution < 1.29 is 0 Å². The number of aromatic nitrogens is 6. The Hall–Kier alpha value is -2.91. The molecule has 8 nitrogen and oxygen atoms in total. The maximum atomic E-state index is 4.65. The second-order valence-electron chi connectivity index (χ2n) is 7.16. The number of rotatable bonds is 5. The van der Waals surface area contributed by atoms with Gasteiger partial charge in [0.1, 0.15) is 11.2 Å². The Morgan fingerprint density at radius 2 is 2.00 bits per heavy atom. The minimum atomic E-state index is 0.457. The monoisotopic (exact) mass is 406 g/mol. The summed E-state index contributed by atoms with van der Waals surface area (Å²) in [7, 11) is 1.94. The summed E-state index contributed by atoms with van der Waals surface area (Å²) in [6.45, 7) is 5.78. The van der Waals surface area contributed by atoms with Gasteiger partial charge in [0, 0.05) is 35.5 Å². The average Bonchev–Trinajstić information content (AvgIpc) is 3.48. The first-order valence-corrected chi connectivity index (χ1v) is 10.4. The van der Waals surface area contributed by atoms with Crippen LogP contribution < -0.4 is 5.32 Å². The first kappa shape index (κ1) is 18.1. The molecule has 1 aliphatic heterocycles. The molecule has 0 unspecified atom stereocenters. The van der Waals surface area contributed by atoms with Crippen LogP contribution in [0.15, 0.2) is 58.0 Å². The third-order valence-electron chi connectivity index (χ3n) is 5.34. The maximum absolute atomic E-state index is 4.65. The highest BCUT2D eigenvalue weighted by atomic mass is 32.2. The summed E-state index contributed by atoms with van der Waals surface area (Å²) in [6, 6.07) is 4.63. The largest absolute Gasteiger partial charge is 0.317 e. The van der Waals surface area contributed by atoms with Crippen LogP contribution in [0.25, 0.3) is 16.6 Å². The number of nitrogens with one attached hydrogen (secondary N) is 1. The summed E-state index contributed by atoms with van der Waals surface area (Å²) in [5.74, 6) is 0. The molecule has 0 radical (unpaired) electrons. The topological polar surface area (TPSA) is 77.3 Å². The van der Waals surface area contributed by atoms with Gasteiger partial charge >= 0.3 is 0 Å². The molecule has 9 heteroatoms. The van der Waals surface area contributed by atoms with Crippen LogP contribution in [0.2, 0.25) is 0 Å². The molecule has 148 valence electrons. The van der Waals surface area contributed by atoms with Crippen molar-refractivity contribution >= 4 is 29.7 Å². The zero-order valence-corrected chi connectivity index (χ0v) is 17.0. The van der Waals surface area contributed by atoms with Crippen molar-refractivity contribution in [3.8, 4) is 11.1 Å². The maximum Gasteiger partial charge on any atom is 0.109 e. The van der Waals surface area contributed by atoms with Crippen molar-refractivity contribution in [1.82, 2.24) is 34.5 Å². The minimum Gasteiger partial charge on any atom is -0.317 e. The first-order chi connectivity index (χ1) is 14.2. The molecule has 0 bridgehead atoms. The van der Waals surface area contributed by atoms with E-state index in [1.165, 1.54) is 0 Å². The van der Waals surface area contributed by atoms with E-state index in [-0.39, 0.29) is 0 Å². The molecule has 1 N–H and O–H groups in total. The summed E-state index contributed by atoms with van der Waals surface area (Å²) in [5.41, 5.74) is 3.87. The van der Waals surface area contributed by atoms with Crippen molar-refractivity contribution in [2.75, 3.05) is 13.1 Å². The molecule has 5 heterocycles. The normalized spacial score (nSPS) is 15.2. The fourth-order valence-electron chi connectivity index (χ4n) is 3.75. The Kier molecular flexibility index (Phi) is 4.69. The van der Waals surface area contributed by atoms with E-state index in [9.17, 15) is 0 Å². The standard InChI is InChI=1S/C20H22N8S/c1-21-17-11-25-28-12-14(9-18(20(17)28)29-19-5-8-23-26(19)2)15-10-24-27(13-15)16-3-6-22-7-4-16/h5,8-13,16,22H,1,3-4,6-7H2,2H3. The van der Waals surface area contributed by atoms with Gasteiger partial charge in [-0.3, -0.25) is 14.4 Å². The van der Waals surface area contributed by atoms with Crippen molar-refractivity contribution in [2.24, 2.45) is 12.0 Å². The van der Waals surface area contributed by atoms with Crippen molar-refractivity contribution in [2.45, 2.75) is 28.8 Å². The summed E-state index contributed by atoms with van der Waals surface area (Å²) in [4.78, 5) is 5.20. The molecule has 0 aromatic carbocycles. The van der Waals surface area contributed by atoms with Gasteiger partial charge in [-0.05, 0) is 44.8 Å². The fraction of sp³-hybridized carbons (Fsp3) is 0.300. The van der Waals surface area contributed by atoms with Crippen LogP contribution >= 0.6 is 11.8 Å². The first-order valence-electron chi connectivity index (χ1n) is 9.62. The molecule has 4 aromatic heterocycles. The van der Waals surface area contributed by atoms with Crippen molar-refractivity contribution in [3.05, 3.63) is 43.1 Å². The Morgan fingerprint density at radius 1 is 1.14 bits per heavy atom. The Bertz CT molecular complexity index is 1160. The molecule has 0 amide bonds. The fourth-order valence-corrected chi connectivity index (χ4v) is 4.77. The summed E-state index contributed by atoms with van der Waals surface area (Å²) >= 11 is 1.64. The highest BCUT2D eigenvalue weighted by molar-refractivity contribution is 7.99. The summed E-state index contributed by atoms with van der Waals surface area (Å²) < 4.78 is 5.84. The number of piperidine rings is 1. The van der Waals surface area contributed by atoms with E-state index in [0.717, 1.165) is 58.2 Å². The van der Waals surface area contributed by atoms with Crippen molar-refractivity contribution in [3.63, 3.8) is 0 Å². The summed E-state index contributed by atoms with van der Waals surface area (Å²) in [5, 5.41) is 17.9. The van der Waals surface area contributed by atoms with Gasteiger partial charge in [0.15, 0.2) is 0 Å². The van der Waals surface area contributed by atoms with Crippen LogP contribution in [0.5, 0.6) is 0 Å². The third-order valence-corrected chi connectivity index (χ3v) is 6.48. The molecule has 0 aliphatic carbocycles. The van der Waals surface area contributed by atoms with Gasteiger partial charge in [-0.25, -0.2) is 4.52 Å². The molecule has 4 aromatic rings. The molecule has 0 spiro atoms. The lowest BCUT2D eigenvalue weighted by atomic mass is 10.1. The minimum absolute atomic E-state index is 0.457. The van der Waals surface area contributed by atoms with E-state index in [0.29, 0.717) is 6.04 Å². The molecule has 5 rings (SSSR count). The predicted octanol–water partition coefficient (Wildman–Crippen LogP) is 3.34. The number of aryl methyl sites for hydroxylation is 1. The molecule has 1 saturated heterocycles. The molecule has 1 aliphatic rings. The third kappa shape index (κ3) is 3.36. The Morgan fingerprint density at radius 3 is 2.76 bits per heavy atom. The van der Waals surface area contributed by atoms with Gasteiger partial charge in [0.05, 0.1) is 29.7 Å². The number of hydrogen-bond acceptors (Lipinski definition) is 6. The number of aliphatic imine (C=N–C) groups is 1. The highest BCUT2D eigenvalue weighted by Crippen LogP contribution is 2.37.